The molecule has 1 fully saturated rings. The predicted molar refractivity (Wildman–Crippen MR) is 81.4 cm³/mol. The van der Waals surface area contributed by atoms with E-state index < -0.39 is 6.10 Å². The highest BCUT2D eigenvalue weighted by molar-refractivity contribution is 5.26. The number of hydrogen-bond acceptors (Lipinski definition) is 2. The second-order valence-corrected chi connectivity index (χ2v) is 5.45. The van der Waals surface area contributed by atoms with Gasteiger partial charge in [-0.2, -0.15) is 0 Å². The molecule has 2 heteroatoms. The van der Waals surface area contributed by atoms with E-state index in [0.717, 1.165) is 18.7 Å². The fraction of sp³-hybridized carbons (Fsp3) is 0.333. The molecule has 1 N–H and O–H groups in total. The van der Waals surface area contributed by atoms with Crippen LogP contribution in [0.2, 0.25) is 0 Å². The minimum atomic E-state index is -0.475. The first-order valence-electron chi connectivity index (χ1n) is 7.38. The van der Waals surface area contributed by atoms with Gasteiger partial charge in [-0.1, -0.05) is 60.7 Å². The van der Waals surface area contributed by atoms with Gasteiger partial charge in [0, 0.05) is 0 Å². The molecule has 0 unspecified atom stereocenters. The molecule has 2 nitrogen and oxygen atoms in total. The molecule has 0 aliphatic carbocycles. The van der Waals surface area contributed by atoms with E-state index in [-0.39, 0.29) is 6.04 Å². The van der Waals surface area contributed by atoms with Gasteiger partial charge in [0.15, 0.2) is 0 Å². The Bertz CT molecular complexity index is 520. The van der Waals surface area contributed by atoms with E-state index in [1.54, 1.807) is 0 Å². The van der Waals surface area contributed by atoms with Gasteiger partial charge in [0.2, 0.25) is 0 Å². The van der Waals surface area contributed by atoms with Crippen LogP contribution in [0.25, 0.3) is 0 Å². The van der Waals surface area contributed by atoms with Crippen molar-refractivity contribution in [3.63, 3.8) is 0 Å². The van der Waals surface area contributed by atoms with Gasteiger partial charge in [-0.15, -0.1) is 0 Å². The maximum absolute atomic E-state index is 10.9. The van der Waals surface area contributed by atoms with Gasteiger partial charge in [-0.25, -0.2) is 0 Å². The minimum absolute atomic E-state index is 0.0566. The van der Waals surface area contributed by atoms with Gasteiger partial charge in [0.1, 0.15) is 0 Å². The Labute approximate surface area is 120 Å². The molecule has 0 saturated carbocycles. The Kier molecular flexibility index (Phi) is 4.14. The number of benzene rings is 2. The molecule has 1 aliphatic heterocycles. The monoisotopic (exact) mass is 267 g/mol. The summed E-state index contributed by atoms with van der Waals surface area (Å²) in [6.07, 6.45) is 1.98. The van der Waals surface area contributed by atoms with Crippen molar-refractivity contribution >= 4 is 0 Å². The molecule has 104 valence electrons. The maximum Gasteiger partial charge on any atom is 0.0986 e. The molecule has 2 aromatic carbocycles. The Balaban J connectivity index is 1.93. The summed E-state index contributed by atoms with van der Waals surface area (Å²) in [5.74, 6) is 0. The largest absolute Gasteiger partial charge is 0.386 e. The van der Waals surface area contributed by atoms with Crippen LogP contribution in [-0.2, 0) is 0 Å². The van der Waals surface area contributed by atoms with Crippen LogP contribution in [-0.4, -0.2) is 23.1 Å². The van der Waals surface area contributed by atoms with E-state index in [4.69, 9.17) is 0 Å². The first-order valence-corrected chi connectivity index (χ1v) is 7.38. The van der Waals surface area contributed by atoms with Crippen LogP contribution in [0.1, 0.15) is 36.1 Å². The number of likely N-dealkylation sites (tertiary alicyclic amines) is 1. The fourth-order valence-electron chi connectivity index (χ4n) is 3.10. The van der Waals surface area contributed by atoms with Gasteiger partial charge in [-0.3, -0.25) is 4.90 Å². The van der Waals surface area contributed by atoms with Crippen molar-refractivity contribution in [1.29, 1.82) is 0 Å². The lowest BCUT2D eigenvalue weighted by molar-refractivity contribution is 0.0607. The summed E-state index contributed by atoms with van der Waals surface area (Å²) in [6.45, 7) is 2.15. The third-order valence-electron chi connectivity index (χ3n) is 4.12. The zero-order chi connectivity index (χ0) is 13.8. The molecule has 0 radical (unpaired) electrons. The Morgan fingerprint density at radius 3 is 1.80 bits per heavy atom. The van der Waals surface area contributed by atoms with E-state index in [9.17, 15) is 5.11 Å². The van der Waals surface area contributed by atoms with Crippen LogP contribution < -0.4 is 0 Å². The summed E-state index contributed by atoms with van der Waals surface area (Å²) < 4.78 is 0. The van der Waals surface area contributed by atoms with Gasteiger partial charge in [0.05, 0.1) is 12.1 Å². The van der Waals surface area contributed by atoms with Crippen molar-refractivity contribution in [2.75, 3.05) is 13.1 Å². The molecule has 0 bridgehead atoms. The topological polar surface area (TPSA) is 23.5 Å². The standard InChI is InChI=1S/C18H21NO/c20-18(16-11-5-2-6-12-16)17(19-13-7-8-14-19)15-9-3-1-4-10-15/h1-6,9-12,17-18,20H,7-8,13-14H2/t17-,18-/m1/s1. The van der Waals surface area contributed by atoms with Crippen molar-refractivity contribution in [1.82, 2.24) is 4.90 Å². The van der Waals surface area contributed by atoms with Crippen LogP contribution in [0, 0.1) is 0 Å². The van der Waals surface area contributed by atoms with Gasteiger partial charge in [0.25, 0.3) is 0 Å². The highest BCUT2D eigenvalue weighted by atomic mass is 16.3. The molecule has 2 atom stereocenters. The third kappa shape index (κ3) is 2.77. The highest BCUT2D eigenvalue weighted by Crippen LogP contribution is 2.35. The van der Waals surface area contributed by atoms with Crippen LogP contribution >= 0.6 is 0 Å². The van der Waals surface area contributed by atoms with E-state index in [0.29, 0.717) is 0 Å². The zero-order valence-electron chi connectivity index (χ0n) is 11.7. The molecule has 0 amide bonds. The van der Waals surface area contributed by atoms with Crippen molar-refractivity contribution in [2.45, 2.75) is 25.0 Å². The first-order chi connectivity index (χ1) is 9.86. The van der Waals surface area contributed by atoms with E-state index in [1.165, 1.54) is 18.4 Å². The second-order valence-electron chi connectivity index (χ2n) is 5.45. The molecule has 1 saturated heterocycles. The first kappa shape index (κ1) is 13.3. The highest BCUT2D eigenvalue weighted by Gasteiger charge is 2.30. The number of rotatable bonds is 4. The number of aliphatic hydroxyl groups excluding tert-OH is 1. The molecule has 20 heavy (non-hydrogen) atoms. The summed E-state index contributed by atoms with van der Waals surface area (Å²) in [7, 11) is 0. The summed E-state index contributed by atoms with van der Waals surface area (Å²) >= 11 is 0. The minimum Gasteiger partial charge on any atom is -0.386 e. The number of nitrogens with zero attached hydrogens (tertiary/aromatic N) is 1. The molecule has 2 aromatic rings. The molecular formula is C18H21NO. The lowest BCUT2D eigenvalue weighted by Crippen LogP contribution is -2.30. The van der Waals surface area contributed by atoms with Gasteiger partial charge >= 0.3 is 0 Å². The molecule has 0 aromatic heterocycles. The average Bonchev–Trinajstić information content (AvgIpc) is 3.03. The summed E-state index contributed by atoms with van der Waals surface area (Å²) in [5, 5.41) is 10.9. The van der Waals surface area contributed by atoms with Crippen molar-refractivity contribution in [3.05, 3.63) is 71.8 Å². The Morgan fingerprint density at radius 2 is 1.25 bits per heavy atom. The fourth-order valence-corrected chi connectivity index (χ4v) is 3.10. The predicted octanol–water partition coefficient (Wildman–Crippen LogP) is 3.56. The van der Waals surface area contributed by atoms with Crippen LogP contribution in [0.5, 0.6) is 0 Å². The maximum atomic E-state index is 10.9. The molecule has 1 heterocycles. The average molecular weight is 267 g/mol. The van der Waals surface area contributed by atoms with Crippen LogP contribution in [0.4, 0.5) is 0 Å². The molecule has 0 spiro atoms. The lowest BCUT2D eigenvalue weighted by atomic mass is 9.94. The zero-order valence-corrected chi connectivity index (χ0v) is 11.7. The SMILES string of the molecule is O[C@H](c1ccccc1)[C@@H](c1ccccc1)N1CCCC1. The molecule has 1 aliphatic rings. The molecule has 3 rings (SSSR count). The summed E-state index contributed by atoms with van der Waals surface area (Å²) in [5.41, 5.74) is 2.19. The van der Waals surface area contributed by atoms with Crippen molar-refractivity contribution in [3.8, 4) is 0 Å². The van der Waals surface area contributed by atoms with Gasteiger partial charge < -0.3 is 5.11 Å². The van der Waals surface area contributed by atoms with Crippen LogP contribution in [0.15, 0.2) is 60.7 Å². The van der Waals surface area contributed by atoms with Crippen LogP contribution in [0.3, 0.4) is 0 Å². The van der Waals surface area contributed by atoms with E-state index in [1.807, 2.05) is 36.4 Å². The van der Waals surface area contributed by atoms with E-state index in [2.05, 4.69) is 29.2 Å². The van der Waals surface area contributed by atoms with Crippen molar-refractivity contribution in [2.24, 2.45) is 0 Å². The number of aliphatic hydroxyl groups is 1. The molecular weight excluding hydrogens is 246 g/mol. The van der Waals surface area contributed by atoms with Crippen molar-refractivity contribution < 1.29 is 5.11 Å². The Morgan fingerprint density at radius 1 is 0.750 bits per heavy atom. The number of hydrogen-bond donors (Lipinski definition) is 1. The Hall–Kier alpha value is -1.64. The summed E-state index contributed by atoms with van der Waals surface area (Å²) in [4.78, 5) is 2.41. The summed E-state index contributed by atoms with van der Waals surface area (Å²) in [6, 6.07) is 20.4. The lowest BCUT2D eigenvalue weighted by Gasteiger charge is -2.32. The second kappa shape index (κ2) is 6.21. The quantitative estimate of drug-likeness (QED) is 0.915. The third-order valence-corrected chi connectivity index (χ3v) is 4.12. The van der Waals surface area contributed by atoms with Gasteiger partial charge in [-0.05, 0) is 37.1 Å². The normalized spacial score (nSPS) is 18.9. The smallest absolute Gasteiger partial charge is 0.0986 e. The van der Waals surface area contributed by atoms with E-state index >= 15 is 0 Å².